The van der Waals surface area contributed by atoms with E-state index in [2.05, 4.69) is 11.9 Å². The minimum atomic E-state index is 0.000605. The number of hydrogen-bond acceptors (Lipinski definition) is 4. The van der Waals surface area contributed by atoms with Gasteiger partial charge in [0.25, 0.3) is 5.56 Å². The predicted molar refractivity (Wildman–Crippen MR) is 120 cm³/mol. The van der Waals surface area contributed by atoms with Crippen LogP contribution in [0, 0.1) is 6.92 Å². The Labute approximate surface area is 178 Å². The van der Waals surface area contributed by atoms with E-state index in [1.165, 1.54) is 16.9 Å². The third-order valence-corrected chi connectivity index (χ3v) is 5.94. The zero-order chi connectivity index (χ0) is 20.2. The minimum absolute atomic E-state index is 0.000605. The minimum Gasteiger partial charge on any atom is -0.494 e. The number of unbranched alkanes of at least 4 members (excludes halogenated alkanes) is 1. The maximum atomic E-state index is 13.0. The SMILES string of the molecule is Cc1ccc(OCCCCn2cnc3scc(-c4ccc(Cl)cc4)c3c2=O)cc1. The second-order valence-electron chi connectivity index (χ2n) is 6.95. The van der Waals surface area contributed by atoms with Crippen LogP contribution in [-0.4, -0.2) is 16.2 Å². The Hall–Kier alpha value is -2.63. The molecule has 2 heterocycles. The van der Waals surface area contributed by atoms with E-state index >= 15 is 0 Å². The van der Waals surface area contributed by atoms with Crippen molar-refractivity contribution in [2.45, 2.75) is 26.3 Å². The van der Waals surface area contributed by atoms with Gasteiger partial charge >= 0.3 is 0 Å². The first-order valence-corrected chi connectivity index (χ1v) is 10.8. The maximum absolute atomic E-state index is 13.0. The number of nitrogens with zero attached hydrogens (tertiary/aromatic N) is 2. The van der Waals surface area contributed by atoms with Gasteiger partial charge < -0.3 is 4.74 Å². The number of fused-ring (bicyclic) bond motifs is 1. The number of aromatic nitrogens is 2. The molecule has 0 spiro atoms. The molecule has 0 saturated carbocycles. The number of rotatable bonds is 7. The molecule has 0 fully saturated rings. The molecule has 0 saturated heterocycles. The molecular formula is C23H21ClN2O2S. The van der Waals surface area contributed by atoms with Crippen LogP contribution in [0.25, 0.3) is 21.3 Å². The van der Waals surface area contributed by atoms with Gasteiger partial charge in [0.05, 0.1) is 18.3 Å². The Morgan fingerprint density at radius 1 is 1.07 bits per heavy atom. The van der Waals surface area contributed by atoms with E-state index < -0.39 is 0 Å². The number of hydrogen-bond donors (Lipinski definition) is 0. The van der Waals surface area contributed by atoms with Crippen LogP contribution in [0.1, 0.15) is 18.4 Å². The Balaban J connectivity index is 1.43. The van der Waals surface area contributed by atoms with Gasteiger partial charge in [0.1, 0.15) is 10.6 Å². The zero-order valence-electron chi connectivity index (χ0n) is 16.1. The molecule has 6 heteroatoms. The fourth-order valence-corrected chi connectivity index (χ4v) is 4.21. The summed E-state index contributed by atoms with van der Waals surface area (Å²) in [6.07, 6.45) is 3.36. The lowest BCUT2D eigenvalue weighted by atomic mass is 10.1. The van der Waals surface area contributed by atoms with Crippen LogP contribution >= 0.6 is 22.9 Å². The van der Waals surface area contributed by atoms with Gasteiger partial charge in [-0.25, -0.2) is 4.98 Å². The Morgan fingerprint density at radius 2 is 1.83 bits per heavy atom. The standard InChI is InChI=1S/C23H21ClN2O2S/c1-16-4-10-19(11-5-16)28-13-3-2-12-26-15-25-22-21(23(26)27)20(14-29-22)17-6-8-18(24)9-7-17/h4-11,14-15H,2-3,12-13H2,1H3. The third kappa shape index (κ3) is 4.52. The average molecular weight is 425 g/mol. The van der Waals surface area contributed by atoms with Crippen LogP contribution in [0.4, 0.5) is 0 Å². The summed E-state index contributed by atoms with van der Waals surface area (Å²) < 4.78 is 7.46. The number of benzene rings is 2. The normalized spacial score (nSPS) is 11.1. The highest BCUT2D eigenvalue weighted by molar-refractivity contribution is 7.17. The summed E-state index contributed by atoms with van der Waals surface area (Å²) in [5.41, 5.74) is 3.10. The smallest absolute Gasteiger partial charge is 0.262 e. The lowest BCUT2D eigenvalue weighted by molar-refractivity contribution is 0.303. The summed E-state index contributed by atoms with van der Waals surface area (Å²) in [5, 5.41) is 3.34. The maximum Gasteiger partial charge on any atom is 0.262 e. The van der Waals surface area contributed by atoms with Crippen molar-refractivity contribution >= 4 is 33.2 Å². The summed E-state index contributed by atoms with van der Waals surface area (Å²) in [7, 11) is 0. The van der Waals surface area contributed by atoms with Crippen molar-refractivity contribution in [3.63, 3.8) is 0 Å². The van der Waals surface area contributed by atoms with Gasteiger partial charge in [-0.15, -0.1) is 11.3 Å². The van der Waals surface area contributed by atoms with Crippen LogP contribution in [-0.2, 0) is 6.54 Å². The predicted octanol–water partition coefficient (Wildman–Crippen LogP) is 5.95. The van der Waals surface area contributed by atoms with Gasteiger partial charge in [-0.1, -0.05) is 41.4 Å². The van der Waals surface area contributed by atoms with Crippen molar-refractivity contribution in [3.8, 4) is 16.9 Å². The first-order valence-electron chi connectivity index (χ1n) is 9.54. The van der Waals surface area contributed by atoms with E-state index in [1.807, 2.05) is 53.9 Å². The van der Waals surface area contributed by atoms with Crippen LogP contribution in [0.5, 0.6) is 5.75 Å². The molecule has 2 aromatic heterocycles. The highest BCUT2D eigenvalue weighted by Crippen LogP contribution is 2.31. The quantitative estimate of drug-likeness (QED) is 0.344. The second kappa shape index (κ2) is 8.80. The van der Waals surface area contributed by atoms with Gasteiger partial charge in [-0.2, -0.15) is 0 Å². The summed E-state index contributed by atoms with van der Waals surface area (Å²) in [6.45, 7) is 3.30. The molecule has 0 atom stereocenters. The summed E-state index contributed by atoms with van der Waals surface area (Å²) in [5.74, 6) is 0.877. The van der Waals surface area contributed by atoms with Crippen LogP contribution < -0.4 is 10.3 Å². The van der Waals surface area contributed by atoms with Crippen molar-refractivity contribution in [1.29, 1.82) is 0 Å². The first kappa shape index (κ1) is 19.7. The number of halogens is 1. The fourth-order valence-electron chi connectivity index (χ4n) is 3.18. The average Bonchev–Trinajstić information content (AvgIpc) is 3.16. The van der Waals surface area contributed by atoms with Gasteiger partial charge in [-0.3, -0.25) is 9.36 Å². The number of aryl methyl sites for hydroxylation is 2. The molecule has 148 valence electrons. The first-order chi connectivity index (χ1) is 14.1. The molecule has 0 aliphatic rings. The zero-order valence-corrected chi connectivity index (χ0v) is 17.7. The molecule has 0 amide bonds. The summed E-state index contributed by atoms with van der Waals surface area (Å²) in [6, 6.07) is 15.6. The van der Waals surface area contributed by atoms with Crippen molar-refractivity contribution in [2.24, 2.45) is 0 Å². The van der Waals surface area contributed by atoms with E-state index in [0.29, 0.717) is 23.6 Å². The molecule has 0 radical (unpaired) electrons. The fraction of sp³-hybridized carbons (Fsp3) is 0.217. The molecule has 0 aliphatic carbocycles. The van der Waals surface area contributed by atoms with Crippen LogP contribution in [0.15, 0.2) is 65.0 Å². The van der Waals surface area contributed by atoms with Gasteiger partial charge in [-0.05, 0) is 49.6 Å². The van der Waals surface area contributed by atoms with Gasteiger partial charge in [0.2, 0.25) is 0 Å². The second-order valence-corrected chi connectivity index (χ2v) is 8.24. The molecule has 0 bridgehead atoms. The topological polar surface area (TPSA) is 44.1 Å². The number of thiophene rings is 1. The molecule has 0 N–H and O–H groups in total. The molecular weight excluding hydrogens is 404 g/mol. The highest BCUT2D eigenvalue weighted by Gasteiger charge is 2.13. The Morgan fingerprint density at radius 3 is 2.59 bits per heavy atom. The van der Waals surface area contributed by atoms with E-state index in [-0.39, 0.29) is 5.56 Å². The summed E-state index contributed by atoms with van der Waals surface area (Å²) in [4.78, 5) is 18.3. The monoisotopic (exact) mass is 424 g/mol. The molecule has 0 unspecified atom stereocenters. The molecule has 29 heavy (non-hydrogen) atoms. The van der Waals surface area contributed by atoms with E-state index in [1.54, 1.807) is 10.9 Å². The van der Waals surface area contributed by atoms with Crippen molar-refractivity contribution < 1.29 is 4.74 Å². The molecule has 4 aromatic rings. The van der Waals surface area contributed by atoms with Crippen LogP contribution in [0.3, 0.4) is 0 Å². The van der Waals surface area contributed by atoms with E-state index in [9.17, 15) is 4.79 Å². The Bertz CT molecular complexity index is 1160. The van der Waals surface area contributed by atoms with Gasteiger partial charge in [0.15, 0.2) is 0 Å². The van der Waals surface area contributed by atoms with E-state index in [4.69, 9.17) is 16.3 Å². The van der Waals surface area contributed by atoms with Crippen LogP contribution in [0.2, 0.25) is 5.02 Å². The summed E-state index contributed by atoms with van der Waals surface area (Å²) >= 11 is 7.48. The van der Waals surface area contributed by atoms with Gasteiger partial charge in [0, 0.05) is 22.5 Å². The molecule has 2 aromatic carbocycles. The highest BCUT2D eigenvalue weighted by atomic mass is 35.5. The lowest BCUT2D eigenvalue weighted by Gasteiger charge is -2.08. The molecule has 4 rings (SSSR count). The van der Waals surface area contributed by atoms with Crippen molar-refractivity contribution in [3.05, 3.63) is 81.2 Å². The largest absolute Gasteiger partial charge is 0.494 e. The Kier molecular flexibility index (Phi) is 5.97. The van der Waals surface area contributed by atoms with Crippen molar-refractivity contribution in [2.75, 3.05) is 6.61 Å². The number of ether oxygens (including phenoxy) is 1. The molecule has 4 nitrogen and oxygen atoms in total. The van der Waals surface area contributed by atoms with Crippen molar-refractivity contribution in [1.82, 2.24) is 9.55 Å². The third-order valence-electron chi connectivity index (χ3n) is 4.80. The lowest BCUT2D eigenvalue weighted by Crippen LogP contribution is -2.20. The van der Waals surface area contributed by atoms with E-state index in [0.717, 1.165) is 34.5 Å². The molecule has 0 aliphatic heterocycles.